The molecule has 1 aromatic carbocycles. The van der Waals surface area contributed by atoms with Gasteiger partial charge in [-0.3, -0.25) is 0 Å². The molecule has 0 aliphatic rings. The van der Waals surface area contributed by atoms with Gasteiger partial charge in [0.25, 0.3) is 0 Å². The van der Waals surface area contributed by atoms with Crippen LogP contribution in [0, 0.1) is 5.21 Å². The van der Waals surface area contributed by atoms with Gasteiger partial charge < -0.3 is 10.5 Å². The summed E-state index contributed by atoms with van der Waals surface area (Å²) in [5.41, 5.74) is 1.03. The van der Waals surface area contributed by atoms with Crippen LogP contribution in [-0.2, 0) is 0 Å². The van der Waals surface area contributed by atoms with Gasteiger partial charge in [0, 0.05) is 24.9 Å². The predicted molar refractivity (Wildman–Crippen MR) is 76.2 cm³/mol. The maximum atomic E-state index is 11.8. The van der Waals surface area contributed by atoms with E-state index in [1.165, 1.54) is 19.5 Å². The van der Waals surface area contributed by atoms with Crippen molar-refractivity contribution in [2.75, 3.05) is 12.4 Å². The summed E-state index contributed by atoms with van der Waals surface area (Å²) in [7, 11) is 1.51. The molecule has 0 radical (unpaired) electrons. The van der Waals surface area contributed by atoms with Crippen LogP contribution in [0.2, 0.25) is 0 Å². The number of carbonyl (C=O) groups is 1. The highest BCUT2D eigenvalue weighted by Gasteiger charge is 2.07. The zero-order chi connectivity index (χ0) is 14.4. The zero-order valence-electron chi connectivity index (χ0n) is 10.9. The molecule has 2 amide bonds. The van der Waals surface area contributed by atoms with Gasteiger partial charge in [-0.05, 0) is 18.2 Å². The standard InChI is InChI=1S/C14H14N4O2/c1-17(14(19)16-12-7-3-2-4-8-12)15-11-13-9-5-6-10-18(13)20/h2-11H,1H3,(H,16,19)/b15-11+. The molecule has 0 aliphatic heterocycles. The molecule has 6 heteroatoms. The second kappa shape index (κ2) is 6.33. The molecule has 0 saturated heterocycles. The third-order valence-electron chi connectivity index (χ3n) is 2.54. The first kappa shape index (κ1) is 13.5. The van der Waals surface area contributed by atoms with Crippen LogP contribution in [0.5, 0.6) is 0 Å². The molecule has 0 aliphatic carbocycles. The average molecular weight is 270 g/mol. The predicted octanol–water partition coefficient (Wildman–Crippen LogP) is 1.82. The van der Waals surface area contributed by atoms with Gasteiger partial charge >= 0.3 is 6.03 Å². The number of benzene rings is 1. The number of hydrogen-bond acceptors (Lipinski definition) is 3. The largest absolute Gasteiger partial charge is 0.618 e. The Kier molecular flexibility index (Phi) is 4.28. The van der Waals surface area contributed by atoms with Crippen molar-refractivity contribution in [1.29, 1.82) is 0 Å². The van der Waals surface area contributed by atoms with Crippen molar-refractivity contribution in [3.63, 3.8) is 0 Å². The summed E-state index contributed by atoms with van der Waals surface area (Å²) < 4.78 is 0.673. The van der Waals surface area contributed by atoms with Gasteiger partial charge in [0.15, 0.2) is 6.20 Å². The van der Waals surface area contributed by atoms with Crippen molar-refractivity contribution in [2.45, 2.75) is 0 Å². The molecule has 1 N–H and O–H groups in total. The van der Waals surface area contributed by atoms with E-state index in [0.717, 1.165) is 5.01 Å². The number of nitrogens with zero attached hydrogens (tertiary/aromatic N) is 3. The fraction of sp³-hybridized carbons (Fsp3) is 0.0714. The molecule has 0 fully saturated rings. The summed E-state index contributed by atoms with van der Waals surface area (Å²) in [5, 5.41) is 19.1. The molecule has 0 bridgehead atoms. The SMILES string of the molecule is CN(/N=C/c1cccc[n+]1[O-])C(=O)Nc1ccccc1. The fourth-order valence-electron chi connectivity index (χ4n) is 1.47. The van der Waals surface area contributed by atoms with Gasteiger partial charge in [0.05, 0.1) is 0 Å². The van der Waals surface area contributed by atoms with Crippen molar-refractivity contribution >= 4 is 17.9 Å². The number of rotatable bonds is 3. The summed E-state index contributed by atoms with van der Waals surface area (Å²) in [4.78, 5) is 11.8. The first-order valence-corrected chi connectivity index (χ1v) is 5.99. The highest BCUT2D eigenvalue weighted by Crippen LogP contribution is 2.05. The fourth-order valence-corrected chi connectivity index (χ4v) is 1.47. The molecule has 6 nitrogen and oxygen atoms in total. The molecule has 2 aromatic rings. The number of anilines is 1. The van der Waals surface area contributed by atoms with Crippen molar-refractivity contribution in [2.24, 2.45) is 5.10 Å². The van der Waals surface area contributed by atoms with Gasteiger partial charge in [-0.15, -0.1) is 0 Å². The summed E-state index contributed by atoms with van der Waals surface area (Å²) in [5.74, 6) is 0. The molecule has 102 valence electrons. The van der Waals surface area contributed by atoms with Crippen LogP contribution < -0.4 is 10.0 Å². The van der Waals surface area contributed by atoms with E-state index < -0.39 is 0 Å². The summed E-state index contributed by atoms with van der Waals surface area (Å²) in [6, 6.07) is 13.6. The number of amides is 2. The molecule has 0 unspecified atom stereocenters. The first-order valence-electron chi connectivity index (χ1n) is 5.99. The Labute approximate surface area is 116 Å². The third-order valence-corrected chi connectivity index (χ3v) is 2.54. The second-order valence-electron chi connectivity index (χ2n) is 4.02. The summed E-state index contributed by atoms with van der Waals surface area (Å²) in [6.07, 6.45) is 2.70. The van der Waals surface area contributed by atoms with Crippen LogP contribution in [0.1, 0.15) is 5.69 Å². The molecule has 1 heterocycles. The maximum Gasteiger partial charge on any atom is 0.341 e. The Morgan fingerprint density at radius 2 is 1.95 bits per heavy atom. The lowest BCUT2D eigenvalue weighted by atomic mass is 10.3. The smallest absolute Gasteiger partial charge is 0.341 e. The molecule has 0 spiro atoms. The minimum absolute atomic E-state index is 0.354. The minimum atomic E-state index is -0.388. The average Bonchev–Trinajstić information content (AvgIpc) is 2.47. The highest BCUT2D eigenvalue weighted by molar-refractivity contribution is 5.89. The third kappa shape index (κ3) is 3.55. The number of carbonyl (C=O) groups excluding carboxylic acids is 1. The van der Waals surface area contributed by atoms with Gasteiger partial charge in [-0.1, -0.05) is 18.2 Å². The molecule has 0 saturated carbocycles. The van der Waals surface area contributed by atoms with E-state index in [4.69, 9.17) is 0 Å². The normalized spacial score (nSPS) is 10.4. The van der Waals surface area contributed by atoms with Gasteiger partial charge in [0.2, 0.25) is 5.69 Å². The number of hydrazone groups is 1. The van der Waals surface area contributed by atoms with Crippen LogP contribution in [0.25, 0.3) is 0 Å². The quantitative estimate of drug-likeness (QED) is 0.400. The van der Waals surface area contributed by atoms with E-state index in [1.807, 2.05) is 18.2 Å². The summed E-state index contributed by atoms with van der Waals surface area (Å²) in [6.45, 7) is 0. The van der Waals surface area contributed by atoms with Crippen LogP contribution in [0.15, 0.2) is 59.8 Å². The van der Waals surface area contributed by atoms with E-state index in [2.05, 4.69) is 10.4 Å². The number of nitrogens with one attached hydrogen (secondary N) is 1. The lowest BCUT2D eigenvalue weighted by Gasteiger charge is -2.11. The van der Waals surface area contributed by atoms with E-state index >= 15 is 0 Å². The topological polar surface area (TPSA) is 71.6 Å². The van der Waals surface area contributed by atoms with Crippen molar-refractivity contribution in [3.8, 4) is 0 Å². The first-order chi connectivity index (χ1) is 9.66. The number of para-hydroxylation sites is 1. The van der Waals surface area contributed by atoms with E-state index in [-0.39, 0.29) is 6.03 Å². The molecule has 20 heavy (non-hydrogen) atoms. The van der Waals surface area contributed by atoms with Crippen LogP contribution in [0.3, 0.4) is 0 Å². The van der Waals surface area contributed by atoms with Crippen molar-refractivity contribution in [3.05, 3.63) is 65.6 Å². The van der Waals surface area contributed by atoms with Crippen LogP contribution in [-0.4, -0.2) is 24.3 Å². The highest BCUT2D eigenvalue weighted by atomic mass is 16.5. The number of aromatic nitrogens is 1. The Morgan fingerprint density at radius 3 is 2.65 bits per heavy atom. The number of pyridine rings is 1. The van der Waals surface area contributed by atoms with Crippen LogP contribution in [0.4, 0.5) is 10.5 Å². The Morgan fingerprint density at radius 1 is 1.25 bits per heavy atom. The molecular weight excluding hydrogens is 256 g/mol. The van der Waals surface area contributed by atoms with Crippen molar-refractivity contribution in [1.82, 2.24) is 5.01 Å². The van der Waals surface area contributed by atoms with Gasteiger partial charge in [0.1, 0.15) is 6.21 Å². The van der Waals surface area contributed by atoms with Crippen LogP contribution >= 0.6 is 0 Å². The molecule has 1 aromatic heterocycles. The second-order valence-corrected chi connectivity index (χ2v) is 4.02. The summed E-state index contributed by atoms with van der Waals surface area (Å²) >= 11 is 0. The minimum Gasteiger partial charge on any atom is -0.618 e. The number of urea groups is 1. The van der Waals surface area contributed by atoms with E-state index in [9.17, 15) is 10.0 Å². The molecular formula is C14H14N4O2. The maximum absolute atomic E-state index is 11.8. The monoisotopic (exact) mass is 270 g/mol. The van der Waals surface area contributed by atoms with Crippen molar-refractivity contribution < 1.29 is 9.52 Å². The Bertz CT molecular complexity index is 614. The zero-order valence-corrected chi connectivity index (χ0v) is 10.9. The molecule has 0 atom stereocenters. The lowest BCUT2D eigenvalue weighted by Crippen LogP contribution is -2.32. The Balaban J connectivity index is 1.99. The Hall–Kier alpha value is -2.89. The van der Waals surface area contributed by atoms with Gasteiger partial charge in [-0.2, -0.15) is 9.83 Å². The lowest BCUT2D eigenvalue weighted by molar-refractivity contribution is -0.606. The molecule has 2 rings (SSSR count). The number of hydrogen-bond donors (Lipinski definition) is 1. The van der Waals surface area contributed by atoms with Gasteiger partial charge in [-0.25, -0.2) is 9.80 Å². The van der Waals surface area contributed by atoms with E-state index in [0.29, 0.717) is 16.1 Å². The van der Waals surface area contributed by atoms with E-state index in [1.54, 1.807) is 30.3 Å².